The van der Waals surface area contributed by atoms with E-state index in [2.05, 4.69) is 15.1 Å². The summed E-state index contributed by atoms with van der Waals surface area (Å²) in [5.41, 5.74) is 4.15. The Kier molecular flexibility index (Phi) is 8.96. The van der Waals surface area contributed by atoms with Gasteiger partial charge in [-0.15, -0.1) is 10.2 Å². The normalized spacial score (nSPS) is 13.0. The maximum atomic E-state index is 13.4. The van der Waals surface area contributed by atoms with E-state index in [1.165, 1.54) is 0 Å². The summed E-state index contributed by atoms with van der Waals surface area (Å²) in [5, 5.41) is 8.90. The summed E-state index contributed by atoms with van der Waals surface area (Å²) in [7, 11) is 3.22. The molecule has 0 radical (unpaired) electrons. The van der Waals surface area contributed by atoms with Gasteiger partial charge >= 0.3 is 0 Å². The fraction of sp³-hybridized carbons (Fsp3) is 0.273. The summed E-state index contributed by atoms with van der Waals surface area (Å²) in [6.07, 6.45) is 0. The molecular weight excluding hydrogens is 530 g/mol. The first kappa shape index (κ1) is 28.6. The highest BCUT2D eigenvalue weighted by molar-refractivity contribution is 5.96. The molecule has 1 aliphatic rings. The zero-order valence-corrected chi connectivity index (χ0v) is 24.2. The highest BCUT2D eigenvalue weighted by Crippen LogP contribution is 2.32. The Bertz CT molecular complexity index is 1500. The van der Waals surface area contributed by atoms with Crippen LogP contribution in [0.1, 0.15) is 21.5 Å². The van der Waals surface area contributed by atoms with Crippen molar-refractivity contribution < 1.29 is 19.1 Å². The van der Waals surface area contributed by atoms with Crippen molar-refractivity contribution in [2.75, 3.05) is 51.8 Å². The molecule has 0 unspecified atom stereocenters. The van der Waals surface area contributed by atoms with E-state index in [9.17, 15) is 9.59 Å². The maximum Gasteiger partial charge on any atom is 0.254 e. The van der Waals surface area contributed by atoms with Gasteiger partial charge in [-0.1, -0.05) is 48.0 Å². The number of rotatable bonds is 9. The van der Waals surface area contributed by atoms with Crippen LogP contribution in [0, 0.1) is 6.92 Å². The number of hydrogen-bond donors (Lipinski definition) is 0. The number of hydrogen-bond acceptors (Lipinski definition) is 7. The van der Waals surface area contributed by atoms with Crippen molar-refractivity contribution in [1.29, 1.82) is 0 Å². The molecule has 0 spiro atoms. The van der Waals surface area contributed by atoms with Gasteiger partial charge in [0.1, 0.15) is 18.0 Å². The third-order valence-corrected chi connectivity index (χ3v) is 7.42. The highest BCUT2D eigenvalue weighted by atomic mass is 16.5. The third kappa shape index (κ3) is 6.68. The van der Waals surface area contributed by atoms with Crippen molar-refractivity contribution in [3.8, 4) is 22.8 Å². The van der Waals surface area contributed by atoms with E-state index in [1.807, 2.05) is 96.8 Å². The van der Waals surface area contributed by atoms with E-state index < -0.39 is 0 Å². The Morgan fingerprint density at radius 3 is 2.21 bits per heavy atom. The van der Waals surface area contributed by atoms with Crippen molar-refractivity contribution in [1.82, 2.24) is 20.0 Å². The van der Waals surface area contributed by atoms with Crippen LogP contribution in [0.15, 0.2) is 84.9 Å². The zero-order valence-electron chi connectivity index (χ0n) is 24.2. The lowest BCUT2D eigenvalue weighted by Crippen LogP contribution is -2.52. The first-order chi connectivity index (χ1) is 20.4. The first-order valence-electron chi connectivity index (χ1n) is 13.9. The molecule has 0 N–H and O–H groups in total. The van der Waals surface area contributed by atoms with Gasteiger partial charge in [-0.3, -0.25) is 9.59 Å². The smallest absolute Gasteiger partial charge is 0.254 e. The quantitative estimate of drug-likeness (QED) is 0.296. The number of carbonyl (C=O) groups excluding carboxylic acids is 2. The van der Waals surface area contributed by atoms with Crippen molar-refractivity contribution in [2.45, 2.75) is 13.5 Å². The fourth-order valence-corrected chi connectivity index (χ4v) is 4.98. The van der Waals surface area contributed by atoms with E-state index in [0.29, 0.717) is 55.5 Å². The number of aryl methyl sites for hydroxylation is 1. The molecule has 1 aliphatic heterocycles. The van der Waals surface area contributed by atoms with Crippen LogP contribution in [0.25, 0.3) is 11.3 Å². The van der Waals surface area contributed by atoms with E-state index in [4.69, 9.17) is 9.47 Å². The highest BCUT2D eigenvalue weighted by Gasteiger charge is 2.26. The van der Waals surface area contributed by atoms with E-state index in [0.717, 1.165) is 22.5 Å². The molecule has 2 amide bonds. The van der Waals surface area contributed by atoms with Gasteiger partial charge in [-0.2, -0.15) is 0 Å². The molecule has 5 rings (SSSR count). The number of carbonyl (C=O) groups is 2. The van der Waals surface area contributed by atoms with Crippen LogP contribution in [0.5, 0.6) is 11.5 Å². The Labute approximate surface area is 246 Å². The number of piperazine rings is 1. The summed E-state index contributed by atoms with van der Waals surface area (Å²) in [4.78, 5) is 32.4. The lowest BCUT2D eigenvalue weighted by Gasteiger charge is -2.36. The lowest BCUT2D eigenvalue weighted by molar-refractivity contribution is -0.132. The van der Waals surface area contributed by atoms with Gasteiger partial charge in [0.2, 0.25) is 5.91 Å². The molecule has 4 aromatic rings. The minimum atomic E-state index is -0.158. The molecule has 9 nitrogen and oxygen atoms in total. The molecule has 216 valence electrons. The predicted octanol–water partition coefficient (Wildman–Crippen LogP) is 4.46. The van der Waals surface area contributed by atoms with Crippen LogP contribution in [0.3, 0.4) is 0 Å². The molecule has 1 saturated heterocycles. The molecule has 0 bridgehead atoms. The van der Waals surface area contributed by atoms with Crippen molar-refractivity contribution in [3.05, 3.63) is 102 Å². The van der Waals surface area contributed by atoms with Gasteiger partial charge in [0, 0.05) is 49.9 Å². The summed E-state index contributed by atoms with van der Waals surface area (Å²) in [5.74, 6) is 1.88. The van der Waals surface area contributed by atoms with Gasteiger partial charge in [-0.05, 0) is 48.9 Å². The van der Waals surface area contributed by atoms with Crippen LogP contribution in [0.2, 0.25) is 0 Å². The lowest BCUT2D eigenvalue weighted by atomic mass is 10.1. The molecule has 0 atom stereocenters. The number of methoxy groups -OCH3 is 2. The second-order valence-electron chi connectivity index (χ2n) is 10.2. The number of nitrogens with zero attached hydrogens (tertiary/aromatic N) is 5. The largest absolute Gasteiger partial charge is 0.497 e. The van der Waals surface area contributed by atoms with Crippen molar-refractivity contribution in [3.63, 3.8) is 0 Å². The topological polar surface area (TPSA) is 88.1 Å². The summed E-state index contributed by atoms with van der Waals surface area (Å²) in [6.45, 7) is 4.67. The number of anilines is 1. The van der Waals surface area contributed by atoms with Crippen molar-refractivity contribution >= 4 is 17.6 Å². The van der Waals surface area contributed by atoms with E-state index in [1.54, 1.807) is 19.1 Å². The molecule has 42 heavy (non-hydrogen) atoms. The SMILES string of the molecule is COc1ccc(-c2ccc(N3CCN(C(=O)CN(Cc4ccccc4)C(=O)c4ccc(C)cc4)CC3)nn2)c(OC)c1. The average Bonchev–Trinajstić information content (AvgIpc) is 3.04. The fourth-order valence-electron chi connectivity index (χ4n) is 4.98. The number of benzene rings is 3. The average molecular weight is 566 g/mol. The zero-order chi connectivity index (χ0) is 29.5. The van der Waals surface area contributed by atoms with Crippen LogP contribution < -0.4 is 14.4 Å². The van der Waals surface area contributed by atoms with Gasteiger partial charge in [0.25, 0.3) is 5.91 Å². The Morgan fingerprint density at radius 2 is 1.57 bits per heavy atom. The predicted molar refractivity (Wildman–Crippen MR) is 162 cm³/mol. The first-order valence-corrected chi connectivity index (χ1v) is 13.9. The van der Waals surface area contributed by atoms with Gasteiger partial charge in [0.15, 0.2) is 5.82 Å². The van der Waals surface area contributed by atoms with E-state index in [-0.39, 0.29) is 18.4 Å². The Morgan fingerprint density at radius 1 is 0.833 bits per heavy atom. The summed E-state index contributed by atoms with van der Waals surface area (Å²) >= 11 is 0. The van der Waals surface area contributed by atoms with Crippen LogP contribution >= 0.6 is 0 Å². The molecule has 2 heterocycles. The maximum absolute atomic E-state index is 13.4. The molecule has 9 heteroatoms. The molecular formula is C33H35N5O4. The standard InChI is InChI=1S/C33H35N5O4/c1-24-9-11-26(12-10-24)33(40)38(22-25-7-5-4-6-8-25)23-32(39)37-19-17-36(18-20-37)31-16-15-29(34-35-31)28-14-13-27(41-2)21-30(28)42-3/h4-16,21H,17-20,22-23H2,1-3H3. The molecule has 3 aromatic carbocycles. The number of aromatic nitrogens is 2. The number of ether oxygens (including phenoxy) is 2. The molecule has 0 saturated carbocycles. The van der Waals surface area contributed by atoms with Crippen LogP contribution in [-0.2, 0) is 11.3 Å². The summed E-state index contributed by atoms with van der Waals surface area (Å²) in [6, 6.07) is 26.6. The minimum Gasteiger partial charge on any atom is -0.497 e. The molecule has 1 fully saturated rings. The molecule has 1 aromatic heterocycles. The second kappa shape index (κ2) is 13.2. The van der Waals surface area contributed by atoms with Crippen LogP contribution in [-0.4, -0.2) is 78.8 Å². The van der Waals surface area contributed by atoms with Gasteiger partial charge in [-0.25, -0.2) is 0 Å². The Hall–Kier alpha value is -4.92. The number of amides is 2. The minimum absolute atomic E-state index is 0.0137. The summed E-state index contributed by atoms with van der Waals surface area (Å²) < 4.78 is 10.8. The van der Waals surface area contributed by atoms with Crippen LogP contribution in [0.4, 0.5) is 5.82 Å². The van der Waals surface area contributed by atoms with Crippen molar-refractivity contribution in [2.24, 2.45) is 0 Å². The monoisotopic (exact) mass is 565 g/mol. The molecule has 0 aliphatic carbocycles. The van der Waals surface area contributed by atoms with Gasteiger partial charge < -0.3 is 24.2 Å². The van der Waals surface area contributed by atoms with Gasteiger partial charge in [0.05, 0.1) is 19.9 Å². The van der Waals surface area contributed by atoms with E-state index >= 15 is 0 Å². The third-order valence-electron chi connectivity index (χ3n) is 7.42. The second-order valence-corrected chi connectivity index (χ2v) is 10.2. The Balaban J connectivity index is 1.22.